The Labute approximate surface area is 145 Å². The second kappa shape index (κ2) is 8.26. The molecule has 0 saturated carbocycles. The van der Waals surface area contributed by atoms with Crippen molar-refractivity contribution in [1.29, 1.82) is 0 Å². The Kier molecular flexibility index (Phi) is 5.82. The number of amides is 1. The third-order valence-corrected chi connectivity index (χ3v) is 5.07. The summed E-state index contributed by atoms with van der Waals surface area (Å²) in [5.41, 5.74) is 1.77. The molecule has 5 nitrogen and oxygen atoms in total. The summed E-state index contributed by atoms with van der Waals surface area (Å²) in [6.45, 7) is 3.33. The Balaban J connectivity index is 1.61. The first-order chi connectivity index (χ1) is 11.7. The number of hydrogen-bond donors (Lipinski definition) is 2. The Morgan fingerprint density at radius 2 is 1.96 bits per heavy atom. The Morgan fingerprint density at radius 3 is 2.62 bits per heavy atom. The van der Waals surface area contributed by atoms with Crippen LogP contribution in [0.3, 0.4) is 0 Å². The number of thiophene rings is 1. The van der Waals surface area contributed by atoms with Gasteiger partial charge in [-0.15, -0.1) is 0 Å². The minimum Gasteiger partial charge on any atom is -0.348 e. The van der Waals surface area contributed by atoms with E-state index in [1.807, 2.05) is 22.9 Å². The predicted molar refractivity (Wildman–Crippen MR) is 96.3 cm³/mol. The van der Waals surface area contributed by atoms with Gasteiger partial charge in [-0.05, 0) is 60.5 Å². The molecule has 0 spiro atoms. The Hall–Kier alpha value is -1.92. The number of nitrogens with zero attached hydrogens (tertiary/aromatic N) is 1. The normalized spacial score (nSPS) is 15.8. The van der Waals surface area contributed by atoms with Crippen LogP contribution >= 0.6 is 11.3 Å². The fourth-order valence-electron chi connectivity index (χ4n) is 2.99. The smallest absolute Gasteiger partial charge is 0.261 e. The van der Waals surface area contributed by atoms with Gasteiger partial charge in [-0.2, -0.15) is 11.3 Å². The number of carbonyl (C=O) groups is 1. The Morgan fingerprint density at radius 1 is 1.17 bits per heavy atom. The number of aromatic amines is 1. The lowest BCUT2D eigenvalue weighted by atomic mass is 10.2. The summed E-state index contributed by atoms with van der Waals surface area (Å²) in [6.07, 6.45) is 5.01. The zero-order valence-electron chi connectivity index (χ0n) is 13.7. The maximum absolute atomic E-state index is 12.2. The van der Waals surface area contributed by atoms with Gasteiger partial charge in [0, 0.05) is 18.8 Å². The number of H-pyrrole nitrogens is 1. The summed E-state index contributed by atoms with van der Waals surface area (Å²) in [6, 6.07) is 5.44. The third kappa shape index (κ3) is 4.55. The highest BCUT2D eigenvalue weighted by molar-refractivity contribution is 7.07. The molecular weight excluding hydrogens is 322 g/mol. The summed E-state index contributed by atoms with van der Waals surface area (Å²) in [5.74, 6) is -0.330. The summed E-state index contributed by atoms with van der Waals surface area (Å²) in [4.78, 5) is 29.6. The van der Waals surface area contributed by atoms with E-state index < -0.39 is 0 Å². The first kappa shape index (κ1) is 16.9. The first-order valence-electron chi connectivity index (χ1n) is 8.46. The van der Waals surface area contributed by atoms with Crippen LogP contribution in [0.5, 0.6) is 0 Å². The van der Waals surface area contributed by atoms with E-state index in [1.165, 1.54) is 25.7 Å². The van der Waals surface area contributed by atoms with Gasteiger partial charge in [-0.25, -0.2) is 0 Å². The van der Waals surface area contributed by atoms with Crippen molar-refractivity contribution < 1.29 is 4.79 Å². The summed E-state index contributed by atoms with van der Waals surface area (Å²) >= 11 is 1.59. The van der Waals surface area contributed by atoms with Gasteiger partial charge in [0.2, 0.25) is 0 Å². The molecule has 1 amide bonds. The van der Waals surface area contributed by atoms with E-state index in [-0.39, 0.29) is 17.0 Å². The largest absolute Gasteiger partial charge is 0.348 e. The van der Waals surface area contributed by atoms with E-state index in [1.54, 1.807) is 17.4 Å². The van der Waals surface area contributed by atoms with E-state index in [0.29, 0.717) is 6.54 Å². The highest BCUT2D eigenvalue weighted by atomic mass is 32.1. The average molecular weight is 345 g/mol. The van der Waals surface area contributed by atoms with Crippen LogP contribution in [0, 0.1) is 0 Å². The van der Waals surface area contributed by atoms with Crippen molar-refractivity contribution in [3.05, 3.63) is 56.1 Å². The number of likely N-dealkylation sites (tertiary alicyclic amines) is 1. The molecule has 3 rings (SSSR count). The molecule has 0 unspecified atom stereocenters. The number of rotatable bonds is 5. The molecule has 2 aromatic heterocycles. The second-order valence-corrected chi connectivity index (χ2v) is 7.01. The molecule has 3 heterocycles. The van der Waals surface area contributed by atoms with Gasteiger partial charge in [0.1, 0.15) is 5.56 Å². The SMILES string of the molecule is O=C(NCc1ccsc1)c1ccc(CN2CCCCCC2)[nH]c1=O. The molecule has 0 aliphatic carbocycles. The lowest BCUT2D eigenvalue weighted by Crippen LogP contribution is -2.31. The van der Waals surface area contributed by atoms with Crippen LogP contribution in [-0.4, -0.2) is 28.9 Å². The topological polar surface area (TPSA) is 65.2 Å². The monoisotopic (exact) mass is 345 g/mol. The molecule has 6 heteroatoms. The molecule has 128 valence electrons. The second-order valence-electron chi connectivity index (χ2n) is 6.23. The molecule has 1 aliphatic heterocycles. The first-order valence-corrected chi connectivity index (χ1v) is 9.40. The van der Waals surface area contributed by atoms with Crippen molar-refractivity contribution in [2.24, 2.45) is 0 Å². The average Bonchev–Trinajstić information content (AvgIpc) is 2.97. The van der Waals surface area contributed by atoms with E-state index >= 15 is 0 Å². The molecule has 24 heavy (non-hydrogen) atoms. The van der Waals surface area contributed by atoms with Crippen molar-refractivity contribution >= 4 is 17.2 Å². The number of aromatic nitrogens is 1. The molecule has 2 N–H and O–H groups in total. The number of pyridine rings is 1. The molecule has 1 aliphatic rings. The minimum absolute atomic E-state index is 0.171. The molecule has 0 aromatic carbocycles. The molecule has 0 atom stereocenters. The maximum atomic E-state index is 12.2. The van der Waals surface area contributed by atoms with Crippen LogP contribution in [0.2, 0.25) is 0 Å². The quantitative estimate of drug-likeness (QED) is 0.876. The van der Waals surface area contributed by atoms with Gasteiger partial charge in [-0.1, -0.05) is 12.8 Å². The van der Waals surface area contributed by atoms with Crippen molar-refractivity contribution in [2.75, 3.05) is 13.1 Å². The van der Waals surface area contributed by atoms with Crippen LogP contribution in [0.4, 0.5) is 0 Å². The van der Waals surface area contributed by atoms with Crippen molar-refractivity contribution in [1.82, 2.24) is 15.2 Å². The van der Waals surface area contributed by atoms with E-state index in [0.717, 1.165) is 30.9 Å². The fraction of sp³-hybridized carbons (Fsp3) is 0.444. The van der Waals surface area contributed by atoms with Gasteiger partial charge in [0.05, 0.1) is 0 Å². The van der Waals surface area contributed by atoms with Gasteiger partial charge < -0.3 is 10.3 Å². The van der Waals surface area contributed by atoms with E-state index in [4.69, 9.17) is 0 Å². The van der Waals surface area contributed by atoms with E-state index in [2.05, 4.69) is 15.2 Å². The molecule has 1 saturated heterocycles. The zero-order valence-corrected chi connectivity index (χ0v) is 14.5. The van der Waals surface area contributed by atoms with Crippen molar-refractivity contribution in [2.45, 2.75) is 38.8 Å². The highest BCUT2D eigenvalue weighted by Crippen LogP contribution is 2.12. The van der Waals surface area contributed by atoms with Crippen molar-refractivity contribution in [3.63, 3.8) is 0 Å². The lowest BCUT2D eigenvalue weighted by Gasteiger charge is -2.19. The van der Waals surface area contributed by atoms with Gasteiger partial charge >= 0.3 is 0 Å². The number of carbonyl (C=O) groups excluding carboxylic acids is 1. The molecular formula is C18H23N3O2S. The standard InChI is InChI=1S/C18H23N3O2S/c22-17(19-11-14-7-10-24-13-14)16-6-5-15(20-18(16)23)12-21-8-3-1-2-4-9-21/h5-7,10,13H,1-4,8-9,11-12H2,(H,19,22)(H,20,23). The van der Waals surface area contributed by atoms with Crippen LogP contribution in [0.25, 0.3) is 0 Å². The Bertz CT molecular complexity index is 716. The number of hydrogen-bond acceptors (Lipinski definition) is 4. The third-order valence-electron chi connectivity index (χ3n) is 4.34. The summed E-state index contributed by atoms with van der Waals surface area (Å²) in [5, 5.41) is 6.73. The minimum atomic E-state index is -0.330. The predicted octanol–water partition coefficient (Wildman–Crippen LogP) is 2.74. The van der Waals surface area contributed by atoms with Crippen LogP contribution in [0.15, 0.2) is 33.8 Å². The van der Waals surface area contributed by atoms with Gasteiger partial charge in [0.15, 0.2) is 0 Å². The fourth-order valence-corrected chi connectivity index (χ4v) is 3.66. The zero-order chi connectivity index (χ0) is 16.8. The maximum Gasteiger partial charge on any atom is 0.261 e. The molecule has 1 fully saturated rings. The summed E-state index contributed by atoms with van der Waals surface area (Å²) in [7, 11) is 0. The van der Waals surface area contributed by atoms with E-state index in [9.17, 15) is 9.59 Å². The van der Waals surface area contributed by atoms with Gasteiger partial charge in [-0.3, -0.25) is 14.5 Å². The molecule has 2 aromatic rings. The van der Waals surface area contributed by atoms with Crippen molar-refractivity contribution in [3.8, 4) is 0 Å². The summed E-state index contributed by atoms with van der Waals surface area (Å²) < 4.78 is 0. The van der Waals surface area contributed by atoms with Crippen LogP contribution in [-0.2, 0) is 13.1 Å². The molecule has 0 bridgehead atoms. The number of nitrogens with one attached hydrogen (secondary N) is 2. The highest BCUT2D eigenvalue weighted by Gasteiger charge is 2.13. The van der Waals surface area contributed by atoms with Crippen LogP contribution in [0.1, 0.15) is 47.3 Å². The van der Waals surface area contributed by atoms with Crippen LogP contribution < -0.4 is 10.9 Å². The van der Waals surface area contributed by atoms with Gasteiger partial charge in [0.25, 0.3) is 11.5 Å². The lowest BCUT2D eigenvalue weighted by molar-refractivity contribution is 0.0949. The molecule has 0 radical (unpaired) electrons.